The molecule has 0 aromatic heterocycles. The molecule has 3 nitrogen and oxygen atoms in total. The number of nitrogens with zero attached hydrogens (tertiary/aromatic N) is 1. The van der Waals surface area contributed by atoms with Crippen molar-refractivity contribution in [2.24, 2.45) is 0 Å². The second-order valence-electron chi connectivity index (χ2n) is 3.84. The van der Waals surface area contributed by atoms with Gasteiger partial charge in [-0.1, -0.05) is 30.3 Å². The van der Waals surface area contributed by atoms with Gasteiger partial charge < -0.3 is 4.74 Å². The average Bonchev–Trinajstić information content (AvgIpc) is 2.46. The number of rotatable bonds is 3. The summed E-state index contributed by atoms with van der Waals surface area (Å²) in [7, 11) is 1.33. The monoisotopic (exact) mass is 255 g/mol. The molecule has 0 saturated heterocycles. The maximum Gasteiger partial charge on any atom is 0.193 e. The van der Waals surface area contributed by atoms with E-state index in [1.54, 1.807) is 36.4 Å². The number of nitriles is 1. The summed E-state index contributed by atoms with van der Waals surface area (Å²) in [6.07, 6.45) is 0. The van der Waals surface area contributed by atoms with Crippen molar-refractivity contribution in [3.05, 3.63) is 65.0 Å². The average molecular weight is 255 g/mol. The molecule has 0 bridgehead atoms. The predicted molar refractivity (Wildman–Crippen MR) is 67.5 cm³/mol. The van der Waals surface area contributed by atoms with Crippen LogP contribution in [0.15, 0.2) is 42.5 Å². The van der Waals surface area contributed by atoms with Crippen LogP contribution in [0.25, 0.3) is 0 Å². The van der Waals surface area contributed by atoms with Crippen LogP contribution in [0.1, 0.15) is 21.5 Å². The molecule has 0 unspecified atom stereocenters. The largest absolute Gasteiger partial charge is 0.495 e. The van der Waals surface area contributed by atoms with E-state index in [2.05, 4.69) is 0 Å². The number of hydrogen-bond donors (Lipinski definition) is 0. The van der Waals surface area contributed by atoms with Crippen LogP contribution in [0, 0.1) is 17.1 Å². The maximum atomic E-state index is 13.7. The van der Waals surface area contributed by atoms with Gasteiger partial charge in [0.1, 0.15) is 23.2 Å². The van der Waals surface area contributed by atoms with E-state index in [9.17, 15) is 9.18 Å². The van der Waals surface area contributed by atoms with Gasteiger partial charge in [0, 0.05) is 11.1 Å². The highest BCUT2D eigenvalue weighted by Gasteiger charge is 2.16. The van der Waals surface area contributed by atoms with Crippen molar-refractivity contribution in [2.45, 2.75) is 0 Å². The summed E-state index contributed by atoms with van der Waals surface area (Å²) in [5, 5.41) is 8.82. The molecule has 0 aliphatic heterocycles. The summed E-state index contributed by atoms with van der Waals surface area (Å²) in [4.78, 5) is 12.2. The third kappa shape index (κ3) is 2.45. The van der Waals surface area contributed by atoms with E-state index in [0.717, 1.165) is 6.07 Å². The fraction of sp³-hybridized carbons (Fsp3) is 0.0667. The van der Waals surface area contributed by atoms with Gasteiger partial charge in [0.25, 0.3) is 0 Å². The van der Waals surface area contributed by atoms with E-state index in [1.165, 1.54) is 13.2 Å². The van der Waals surface area contributed by atoms with E-state index in [-0.39, 0.29) is 22.7 Å². The highest BCUT2D eigenvalue weighted by molar-refractivity contribution is 6.09. The number of benzene rings is 2. The van der Waals surface area contributed by atoms with E-state index >= 15 is 0 Å². The number of carbonyl (C=O) groups excluding carboxylic acids is 1. The minimum atomic E-state index is -0.763. The molecular weight excluding hydrogens is 245 g/mol. The summed E-state index contributed by atoms with van der Waals surface area (Å²) >= 11 is 0. The van der Waals surface area contributed by atoms with Crippen molar-refractivity contribution in [2.75, 3.05) is 7.11 Å². The van der Waals surface area contributed by atoms with E-state index < -0.39 is 5.82 Å². The van der Waals surface area contributed by atoms with Crippen LogP contribution in [0.3, 0.4) is 0 Å². The van der Waals surface area contributed by atoms with Gasteiger partial charge in [-0.2, -0.15) is 5.26 Å². The van der Waals surface area contributed by atoms with Gasteiger partial charge in [0.15, 0.2) is 5.78 Å². The van der Waals surface area contributed by atoms with Crippen LogP contribution in [0.4, 0.5) is 4.39 Å². The third-order valence-corrected chi connectivity index (χ3v) is 2.68. The lowest BCUT2D eigenvalue weighted by Crippen LogP contribution is -2.04. The normalized spacial score (nSPS) is 9.74. The molecule has 0 atom stereocenters. The van der Waals surface area contributed by atoms with Crippen LogP contribution in [0.5, 0.6) is 5.75 Å². The fourth-order valence-electron chi connectivity index (χ4n) is 1.74. The maximum absolute atomic E-state index is 13.7. The van der Waals surface area contributed by atoms with Crippen molar-refractivity contribution in [1.82, 2.24) is 0 Å². The highest BCUT2D eigenvalue weighted by atomic mass is 19.1. The molecule has 19 heavy (non-hydrogen) atoms. The summed E-state index contributed by atoms with van der Waals surface area (Å²) in [5.74, 6) is -1.02. The zero-order chi connectivity index (χ0) is 13.8. The Bertz CT molecular complexity index is 660. The fourth-order valence-corrected chi connectivity index (χ4v) is 1.74. The molecule has 0 radical (unpaired) electrons. The zero-order valence-corrected chi connectivity index (χ0v) is 10.2. The zero-order valence-electron chi connectivity index (χ0n) is 10.2. The lowest BCUT2D eigenvalue weighted by atomic mass is 10.0. The molecule has 0 N–H and O–H groups in total. The summed E-state index contributed by atoms with van der Waals surface area (Å²) < 4.78 is 18.6. The van der Waals surface area contributed by atoms with Gasteiger partial charge >= 0.3 is 0 Å². The Labute approximate surface area is 109 Å². The standard InChI is InChI=1S/C15H10FNO2/c1-19-14-8-11(7-13(16)12(14)9-17)15(18)10-5-3-2-4-6-10/h2-8H,1H3. The molecule has 0 fully saturated rings. The van der Waals surface area contributed by atoms with Crippen LogP contribution in [0.2, 0.25) is 0 Å². The molecule has 2 rings (SSSR count). The molecular formula is C15H10FNO2. The molecule has 0 aliphatic rings. The number of ether oxygens (including phenoxy) is 1. The van der Waals surface area contributed by atoms with Crippen molar-refractivity contribution < 1.29 is 13.9 Å². The molecule has 2 aromatic carbocycles. The smallest absolute Gasteiger partial charge is 0.193 e. The lowest BCUT2D eigenvalue weighted by molar-refractivity contribution is 0.103. The number of hydrogen-bond acceptors (Lipinski definition) is 3. The Balaban J connectivity index is 2.50. The Morgan fingerprint density at radius 1 is 1.21 bits per heavy atom. The topological polar surface area (TPSA) is 50.1 Å². The van der Waals surface area contributed by atoms with Crippen LogP contribution < -0.4 is 4.74 Å². The minimum absolute atomic E-state index is 0.0572. The first-order valence-electron chi connectivity index (χ1n) is 5.54. The van der Waals surface area contributed by atoms with Gasteiger partial charge in [0.2, 0.25) is 0 Å². The first-order valence-corrected chi connectivity index (χ1v) is 5.54. The molecule has 0 amide bonds. The van der Waals surface area contributed by atoms with Crippen LogP contribution in [-0.4, -0.2) is 12.9 Å². The minimum Gasteiger partial charge on any atom is -0.495 e. The van der Waals surface area contributed by atoms with E-state index in [1.807, 2.05) is 0 Å². The number of carbonyl (C=O) groups is 1. The first-order chi connectivity index (χ1) is 9.17. The molecule has 0 aliphatic carbocycles. The summed E-state index contributed by atoms with van der Waals surface area (Å²) in [6, 6.07) is 12.7. The van der Waals surface area contributed by atoms with Crippen molar-refractivity contribution >= 4 is 5.78 Å². The van der Waals surface area contributed by atoms with E-state index in [4.69, 9.17) is 10.00 Å². The second kappa shape index (κ2) is 5.32. The molecule has 0 heterocycles. The Hall–Kier alpha value is -2.67. The van der Waals surface area contributed by atoms with Gasteiger partial charge in [0.05, 0.1) is 7.11 Å². The molecule has 2 aromatic rings. The number of methoxy groups -OCH3 is 1. The molecule has 0 spiro atoms. The second-order valence-corrected chi connectivity index (χ2v) is 3.84. The highest BCUT2D eigenvalue weighted by Crippen LogP contribution is 2.24. The third-order valence-electron chi connectivity index (χ3n) is 2.68. The Kier molecular flexibility index (Phi) is 3.58. The molecule has 94 valence electrons. The van der Waals surface area contributed by atoms with Crippen molar-refractivity contribution in [1.29, 1.82) is 5.26 Å². The molecule has 0 saturated carbocycles. The van der Waals surface area contributed by atoms with Gasteiger partial charge in [-0.25, -0.2) is 4.39 Å². The quantitative estimate of drug-likeness (QED) is 0.792. The van der Waals surface area contributed by atoms with Gasteiger partial charge in [-0.05, 0) is 12.1 Å². The van der Waals surface area contributed by atoms with Gasteiger partial charge in [-0.3, -0.25) is 4.79 Å². The van der Waals surface area contributed by atoms with Crippen LogP contribution >= 0.6 is 0 Å². The van der Waals surface area contributed by atoms with Crippen molar-refractivity contribution in [3.63, 3.8) is 0 Å². The predicted octanol–water partition coefficient (Wildman–Crippen LogP) is 2.94. The SMILES string of the molecule is COc1cc(C(=O)c2ccccc2)cc(F)c1C#N. The number of halogens is 1. The Morgan fingerprint density at radius 3 is 2.47 bits per heavy atom. The molecule has 4 heteroatoms. The summed E-state index contributed by atoms with van der Waals surface area (Å²) in [6.45, 7) is 0. The van der Waals surface area contributed by atoms with Gasteiger partial charge in [-0.15, -0.1) is 0 Å². The van der Waals surface area contributed by atoms with Crippen molar-refractivity contribution in [3.8, 4) is 11.8 Å². The van der Waals surface area contributed by atoms with Crippen LogP contribution in [-0.2, 0) is 0 Å². The lowest BCUT2D eigenvalue weighted by Gasteiger charge is -2.07. The number of ketones is 1. The van der Waals surface area contributed by atoms with E-state index in [0.29, 0.717) is 5.56 Å². The summed E-state index contributed by atoms with van der Waals surface area (Å²) in [5.41, 5.74) is 0.403. The first kappa shape index (κ1) is 12.8. The Morgan fingerprint density at radius 2 is 1.89 bits per heavy atom.